The van der Waals surface area contributed by atoms with Crippen LogP contribution in [-0.2, 0) is 11.3 Å². The second-order valence-corrected chi connectivity index (χ2v) is 5.20. The highest BCUT2D eigenvalue weighted by atomic mass is 16.5. The van der Waals surface area contributed by atoms with Gasteiger partial charge in [0.1, 0.15) is 0 Å². The summed E-state index contributed by atoms with van der Waals surface area (Å²) in [5.74, 6) is 0.542. The first-order valence-electron chi connectivity index (χ1n) is 7.67. The van der Waals surface area contributed by atoms with Gasteiger partial charge in [-0.05, 0) is 23.8 Å². The molecule has 7 nitrogen and oxygen atoms in total. The van der Waals surface area contributed by atoms with Crippen molar-refractivity contribution in [3.8, 4) is 0 Å². The van der Waals surface area contributed by atoms with E-state index in [0.717, 1.165) is 5.56 Å². The van der Waals surface area contributed by atoms with Crippen molar-refractivity contribution in [1.29, 1.82) is 0 Å². The van der Waals surface area contributed by atoms with Crippen LogP contribution in [0.5, 0.6) is 0 Å². The van der Waals surface area contributed by atoms with Crippen LogP contribution in [0.15, 0.2) is 60.8 Å². The number of rotatable bonds is 6. The molecule has 2 aromatic carbocycles. The number of methoxy groups -OCH3 is 1. The smallest absolute Gasteiger partial charge is 0.337 e. The Kier molecular flexibility index (Phi) is 5.16. The lowest BCUT2D eigenvalue weighted by atomic mass is 10.2. The molecule has 1 aromatic heterocycles. The highest BCUT2D eigenvalue weighted by Gasteiger charge is 2.07. The highest BCUT2D eigenvalue weighted by Crippen LogP contribution is 2.16. The van der Waals surface area contributed by atoms with Gasteiger partial charge in [-0.25, -0.2) is 4.79 Å². The molecule has 0 spiro atoms. The third kappa shape index (κ3) is 4.51. The number of nitrogens with zero attached hydrogens (tertiary/aromatic N) is 3. The Labute approximate surface area is 145 Å². The molecule has 0 atom stereocenters. The monoisotopic (exact) mass is 335 g/mol. The molecule has 0 unspecified atom stereocenters. The van der Waals surface area contributed by atoms with E-state index in [1.54, 1.807) is 18.2 Å². The number of benzene rings is 2. The Bertz CT molecular complexity index is 855. The third-order valence-electron chi connectivity index (χ3n) is 3.41. The zero-order valence-corrected chi connectivity index (χ0v) is 13.6. The molecule has 0 aliphatic heterocycles. The summed E-state index contributed by atoms with van der Waals surface area (Å²) in [7, 11) is 1.35. The van der Waals surface area contributed by atoms with Crippen molar-refractivity contribution in [3.05, 3.63) is 71.9 Å². The largest absolute Gasteiger partial charge is 0.465 e. The van der Waals surface area contributed by atoms with Gasteiger partial charge in [-0.2, -0.15) is 10.1 Å². The lowest BCUT2D eigenvalue weighted by Crippen LogP contribution is -2.06. The summed E-state index contributed by atoms with van der Waals surface area (Å²) in [4.78, 5) is 16.0. The Balaban J connectivity index is 1.68. The van der Waals surface area contributed by atoms with Crippen molar-refractivity contribution in [2.75, 3.05) is 17.7 Å². The Morgan fingerprint density at radius 1 is 1.12 bits per heavy atom. The minimum Gasteiger partial charge on any atom is -0.465 e. The van der Waals surface area contributed by atoms with Gasteiger partial charge in [-0.15, -0.1) is 5.10 Å². The van der Waals surface area contributed by atoms with Gasteiger partial charge >= 0.3 is 5.97 Å². The van der Waals surface area contributed by atoms with Crippen LogP contribution in [0, 0.1) is 0 Å². The minimum absolute atomic E-state index is 0.394. The molecule has 2 N–H and O–H groups in total. The topological polar surface area (TPSA) is 89.0 Å². The van der Waals surface area contributed by atoms with Crippen LogP contribution in [0.25, 0.3) is 0 Å². The van der Waals surface area contributed by atoms with Crippen molar-refractivity contribution < 1.29 is 9.53 Å². The summed E-state index contributed by atoms with van der Waals surface area (Å²) in [5, 5.41) is 14.1. The molecule has 7 heteroatoms. The van der Waals surface area contributed by atoms with Crippen molar-refractivity contribution in [1.82, 2.24) is 15.2 Å². The van der Waals surface area contributed by atoms with Gasteiger partial charge in [0.2, 0.25) is 5.95 Å². The fourth-order valence-electron chi connectivity index (χ4n) is 2.21. The Morgan fingerprint density at radius 3 is 2.76 bits per heavy atom. The van der Waals surface area contributed by atoms with Gasteiger partial charge in [-0.3, -0.25) is 0 Å². The normalized spacial score (nSPS) is 10.1. The average molecular weight is 335 g/mol. The number of hydrogen-bond donors (Lipinski definition) is 2. The molecular formula is C18H17N5O2. The predicted molar refractivity (Wildman–Crippen MR) is 94.7 cm³/mol. The molecule has 3 rings (SSSR count). The van der Waals surface area contributed by atoms with E-state index < -0.39 is 5.97 Å². The first-order valence-corrected chi connectivity index (χ1v) is 7.67. The summed E-state index contributed by atoms with van der Waals surface area (Å²) in [6.45, 7) is 0.601. The zero-order chi connectivity index (χ0) is 17.5. The van der Waals surface area contributed by atoms with Crippen LogP contribution in [0.2, 0.25) is 0 Å². The standard InChI is InChI=1S/C18H17N5O2/c1-25-17(24)14-8-5-9-15(10-14)21-16-12-20-23-18(22-16)19-11-13-6-3-2-4-7-13/h2-10,12H,11H2,1H3,(H2,19,21,22,23). The lowest BCUT2D eigenvalue weighted by Gasteiger charge is -2.08. The summed E-state index contributed by atoms with van der Waals surface area (Å²) >= 11 is 0. The maximum atomic E-state index is 11.6. The van der Waals surface area contributed by atoms with Crippen LogP contribution in [0.1, 0.15) is 15.9 Å². The van der Waals surface area contributed by atoms with E-state index >= 15 is 0 Å². The molecule has 25 heavy (non-hydrogen) atoms. The molecular weight excluding hydrogens is 318 g/mol. The first-order chi connectivity index (χ1) is 12.2. The second kappa shape index (κ2) is 7.87. The van der Waals surface area contributed by atoms with Gasteiger partial charge in [0.25, 0.3) is 0 Å². The number of esters is 1. The van der Waals surface area contributed by atoms with Crippen molar-refractivity contribution in [2.45, 2.75) is 6.54 Å². The van der Waals surface area contributed by atoms with Crippen LogP contribution < -0.4 is 10.6 Å². The quantitative estimate of drug-likeness (QED) is 0.669. The predicted octanol–water partition coefficient (Wildman–Crippen LogP) is 3.01. The average Bonchev–Trinajstić information content (AvgIpc) is 2.67. The number of carbonyl (C=O) groups excluding carboxylic acids is 1. The van der Waals surface area contributed by atoms with Crippen molar-refractivity contribution in [2.24, 2.45) is 0 Å². The van der Waals surface area contributed by atoms with Crippen LogP contribution >= 0.6 is 0 Å². The maximum absolute atomic E-state index is 11.6. The van der Waals surface area contributed by atoms with Gasteiger partial charge in [0.05, 0.1) is 18.9 Å². The summed E-state index contributed by atoms with van der Waals surface area (Å²) in [6.07, 6.45) is 1.51. The number of carbonyl (C=O) groups is 1. The van der Waals surface area contributed by atoms with E-state index in [1.807, 2.05) is 36.4 Å². The van der Waals surface area contributed by atoms with Gasteiger partial charge < -0.3 is 15.4 Å². The molecule has 0 radical (unpaired) electrons. The SMILES string of the molecule is COC(=O)c1cccc(Nc2cnnc(NCc3ccccc3)n2)c1. The number of aromatic nitrogens is 3. The third-order valence-corrected chi connectivity index (χ3v) is 3.41. The molecule has 0 amide bonds. The summed E-state index contributed by atoms with van der Waals surface area (Å²) in [6, 6.07) is 16.9. The molecule has 0 saturated carbocycles. The van der Waals surface area contributed by atoms with E-state index in [4.69, 9.17) is 4.74 Å². The Hall–Kier alpha value is -3.48. The van der Waals surface area contributed by atoms with Crippen LogP contribution in [0.4, 0.5) is 17.5 Å². The first kappa shape index (κ1) is 16.4. The lowest BCUT2D eigenvalue weighted by molar-refractivity contribution is 0.0601. The van der Waals surface area contributed by atoms with Gasteiger partial charge in [0, 0.05) is 12.2 Å². The Morgan fingerprint density at radius 2 is 1.96 bits per heavy atom. The molecule has 0 aliphatic carbocycles. The molecule has 0 saturated heterocycles. The highest BCUT2D eigenvalue weighted by molar-refractivity contribution is 5.90. The molecule has 126 valence electrons. The molecule has 3 aromatic rings. The summed E-state index contributed by atoms with van der Waals surface area (Å²) < 4.78 is 4.72. The van der Waals surface area contributed by atoms with E-state index in [0.29, 0.717) is 29.6 Å². The molecule has 1 heterocycles. The van der Waals surface area contributed by atoms with E-state index in [2.05, 4.69) is 25.8 Å². The van der Waals surface area contributed by atoms with Crippen LogP contribution in [0.3, 0.4) is 0 Å². The number of ether oxygens (including phenoxy) is 1. The maximum Gasteiger partial charge on any atom is 0.337 e. The number of hydrogen-bond acceptors (Lipinski definition) is 7. The molecule has 0 aliphatic rings. The van der Waals surface area contributed by atoms with E-state index in [9.17, 15) is 4.79 Å². The van der Waals surface area contributed by atoms with Crippen LogP contribution in [-0.4, -0.2) is 28.3 Å². The second-order valence-electron chi connectivity index (χ2n) is 5.20. The van der Waals surface area contributed by atoms with Gasteiger partial charge in [0.15, 0.2) is 5.82 Å². The zero-order valence-electron chi connectivity index (χ0n) is 13.6. The molecule has 0 bridgehead atoms. The fourth-order valence-corrected chi connectivity index (χ4v) is 2.21. The van der Waals surface area contributed by atoms with Crippen molar-refractivity contribution >= 4 is 23.4 Å². The van der Waals surface area contributed by atoms with Crippen molar-refractivity contribution in [3.63, 3.8) is 0 Å². The minimum atomic E-state index is -0.394. The molecule has 0 fully saturated rings. The summed E-state index contributed by atoms with van der Waals surface area (Å²) in [5.41, 5.74) is 2.28. The number of anilines is 3. The van der Waals surface area contributed by atoms with E-state index in [-0.39, 0.29) is 0 Å². The fraction of sp³-hybridized carbons (Fsp3) is 0.111. The van der Waals surface area contributed by atoms with E-state index in [1.165, 1.54) is 13.3 Å². The van der Waals surface area contributed by atoms with Gasteiger partial charge in [-0.1, -0.05) is 36.4 Å². The number of nitrogens with one attached hydrogen (secondary N) is 2.